The van der Waals surface area contributed by atoms with Crippen molar-refractivity contribution >= 4 is 0 Å². The average Bonchev–Trinajstić information content (AvgIpc) is 1.37. The average molecular weight is 104 g/mol. The van der Waals surface area contributed by atoms with Crippen LogP contribution in [0.15, 0.2) is 0 Å². The zero-order valence-corrected chi connectivity index (χ0v) is 4.44. The molecule has 2 N–H and O–H groups in total. The molecule has 0 spiro atoms. The van der Waals surface area contributed by atoms with Gasteiger partial charge in [0.05, 0.1) is 13.2 Å². The SMILES string of the molecule is OCCO.[Cl-].[Li+]. The Morgan fingerprint density at radius 3 is 1.17 bits per heavy atom. The van der Waals surface area contributed by atoms with Gasteiger partial charge in [-0.15, -0.1) is 0 Å². The van der Waals surface area contributed by atoms with Crippen molar-refractivity contribution < 1.29 is 41.5 Å². The molecule has 0 unspecified atom stereocenters. The summed E-state index contributed by atoms with van der Waals surface area (Å²) in [5.41, 5.74) is 0. The minimum absolute atomic E-state index is 0. The van der Waals surface area contributed by atoms with Crippen LogP contribution < -0.4 is 31.3 Å². The van der Waals surface area contributed by atoms with Gasteiger partial charge in [0.25, 0.3) is 0 Å². The van der Waals surface area contributed by atoms with Crippen molar-refractivity contribution in [2.75, 3.05) is 13.2 Å². The van der Waals surface area contributed by atoms with Crippen LogP contribution in [0.25, 0.3) is 0 Å². The summed E-state index contributed by atoms with van der Waals surface area (Å²) in [6.45, 7) is -0.250. The second-order valence-corrected chi connectivity index (χ2v) is 0.447. The standard InChI is InChI=1S/C2H6O2.ClH.Li/c3-1-2-4;;/h3-4H,1-2H2;1H;/q;;+1/p-1. The van der Waals surface area contributed by atoms with Crippen molar-refractivity contribution in [1.82, 2.24) is 0 Å². The molecule has 0 amide bonds. The van der Waals surface area contributed by atoms with Crippen LogP contribution in [-0.4, -0.2) is 23.4 Å². The zero-order valence-electron chi connectivity index (χ0n) is 3.69. The van der Waals surface area contributed by atoms with Crippen molar-refractivity contribution in [3.8, 4) is 0 Å². The Morgan fingerprint density at radius 2 is 1.17 bits per heavy atom. The van der Waals surface area contributed by atoms with E-state index >= 15 is 0 Å². The number of halogens is 1. The summed E-state index contributed by atoms with van der Waals surface area (Å²) in [7, 11) is 0. The summed E-state index contributed by atoms with van der Waals surface area (Å²) in [6, 6.07) is 0. The van der Waals surface area contributed by atoms with Gasteiger partial charge in [0.2, 0.25) is 0 Å². The number of rotatable bonds is 1. The van der Waals surface area contributed by atoms with Gasteiger partial charge < -0.3 is 22.6 Å². The first-order chi connectivity index (χ1) is 1.91. The number of hydrogen-bond donors (Lipinski definition) is 2. The van der Waals surface area contributed by atoms with Crippen LogP contribution in [0.5, 0.6) is 0 Å². The van der Waals surface area contributed by atoms with Crippen LogP contribution in [0.2, 0.25) is 0 Å². The minimum atomic E-state index is -0.125. The molecule has 0 bridgehead atoms. The summed E-state index contributed by atoms with van der Waals surface area (Å²) < 4.78 is 0. The second-order valence-electron chi connectivity index (χ2n) is 0.447. The molecule has 34 valence electrons. The first-order valence-corrected chi connectivity index (χ1v) is 1.13. The molecular weight excluding hydrogens is 98.4 g/mol. The first-order valence-electron chi connectivity index (χ1n) is 1.13. The van der Waals surface area contributed by atoms with Gasteiger partial charge in [-0.2, -0.15) is 0 Å². The smallest absolute Gasteiger partial charge is 1.00 e. The van der Waals surface area contributed by atoms with E-state index in [4.69, 9.17) is 10.2 Å². The normalized spacial score (nSPS) is 5.00. The van der Waals surface area contributed by atoms with Crippen LogP contribution in [0.3, 0.4) is 0 Å². The fourth-order valence-electron chi connectivity index (χ4n) is 0. The van der Waals surface area contributed by atoms with Gasteiger partial charge in [0, 0.05) is 0 Å². The fourth-order valence-corrected chi connectivity index (χ4v) is 0. The minimum Gasteiger partial charge on any atom is -1.00 e. The van der Waals surface area contributed by atoms with Crippen molar-refractivity contribution in [2.45, 2.75) is 0 Å². The third-order valence-corrected chi connectivity index (χ3v) is 0.1000. The molecule has 0 heterocycles. The molecule has 0 aliphatic carbocycles. The van der Waals surface area contributed by atoms with Crippen molar-refractivity contribution in [3.63, 3.8) is 0 Å². The molecule has 0 fully saturated rings. The number of hydrogen-bond acceptors (Lipinski definition) is 2. The van der Waals surface area contributed by atoms with Gasteiger partial charge in [0.1, 0.15) is 0 Å². The van der Waals surface area contributed by atoms with Gasteiger partial charge in [-0.05, 0) is 0 Å². The molecule has 0 aromatic carbocycles. The largest absolute Gasteiger partial charge is 1.00 e. The second kappa shape index (κ2) is 17.0. The van der Waals surface area contributed by atoms with Gasteiger partial charge in [0.15, 0.2) is 0 Å². The Hall–Kier alpha value is 0.807. The van der Waals surface area contributed by atoms with E-state index < -0.39 is 0 Å². The Kier molecular flexibility index (Phi) is 45.0. The van der Waals surface area contributed by atoms with E-state index in [0.717, 1.165) is 0 Å². The van der Waals surface area contributed by atoms with Crippen LogP contribution in [-0.2, 0) is 0 Å². The predicted molar refractivity (Wildman–Crippen MR) is 14.2 cm³/mol. The van der Waals surface area contributed by atoms with E-state index in [1.165, 1.54) is 0 Å². The van der Waals surface area contributed by atoms with Gasteiger partial charge in [-0.25, -0.2) is 0 Å². The summed E-state index contributed by atoms with van der Waals surface area (Å²) in [5, 5.41) is 15.2. The van der Waals surface area contributed by atoms with Crippen LogP contribution in [0.1, 0.15) is 0 Å². The quantitative estimate of drug-likeness (QED) is 0.325. The summed E-state index contributed by atoms with van der Waals surface area (Å²) in [4.78, 5) is 0. The monoisotopic (exact) mass is 104 g/mol. The maximum absolute atomic E-state index is 7.62. The summed E-state index contributed by atoms with van der Waals surface area (Å²) in [5.74, 6) is 0. The molecule has 0 aromatic heterocycles. The van der Waals surface area contributed by atoms with E-state index in [9.17, 15) is 0 Å². The van der Waals surface area contributed by atoms with Gasteiger partial charge >= 0.3 is 18.9 Å². The van der Waals surface area contributed by atoms with Crippen molar-refractivity contribution in [1.29, 1.82) is 0 Å². The van der Waals surface area contributed by atoms with E-state index in [1.807, 2.05) is 0 Å². The maximum atomic E-state index is 7.62. The third-order valence-electron chi connectivity index (χ3n) is 0.1000. The molecular formula is C2H6ClLiO2. The first kappa shape index (κ1) is 15.8. The summed E-state index contributed by atoms with van der Waals surface area (Å²) >= 11 is 0. The van der Waals surface area contributed by atoms with E-state index in [0.29, 0.717) is 0 Å². The van der Waals surface area contributed by atoms with E-state index in [-0.39, 0.29) is 44.5 Å². The van der Waals surface area contributed by atoms with Crippen LogP contribution in [0.4, 0.5) is 0 Å². The van der Waals surface area contributed by atoms with Crippen LogP contribution in [0, 0.1) is 0 Å². The fraction of sp³-hybridized carbons (Fsp3) is 1.00. The summed E-state index contributed by atoms with van der Waals surface area (Å²) in [6.07, 6.45) is 0. The Bertz CT molecular complexity index is 13.5. The molecule has 0 saturated carbocycles. The molecule has 0 rings (SSSR count). The topological polar surface area (TPSA) is 40.5 Å². The van der Waals surface area contributed by atoms with Crippen molar-refractivity contribution in [3.05, 3.63) is 0 Å². The van der Waals surface area contributed by atoms with E-state index in [2.05, 4.69) is 0 Å². The number of aliphatic hydroxyl groups is 2. The molecule has 0 radical (unpaired) electrons. The molecule has 0 saturated heterocycles. The molecule has 0 aliphatic rings. The Labute approximate surface area is 55.1 Å². The number of aliphatic hydroxyl groups excluding tert-OH is 2. The zero-order chi connectivity index (χ0) is 3.41. The van der Waals surface area contributed by atoms with E-state index in [1.54, 1.807) is 0 Å². The maximum Gasteiger partial charge on any atom is 1.00 e. The van der Waals surface area contributed by atoms with Gasteiger partial charge in [-0.3, -0.25) is 0 Å². The molecule has 2 nitrogen and oxygen atoms in total. The Morgan fingerprint density at radius 1 is 1.00 bits per heavy atom. The van der Waals surface area contributed by atoms with Crippen molar-refractivity contribution in [2.24, 2.45) is 0 Å². The third kappa shape index (κ3) is 21.3. The van der Waals surface area contributed by atoms with Gasteiger partial charge in [-0.1, -0.05) is 0 Å². The predicted octanol–water partition coefficient (Wildman–Crippen LogP) is -7.02. The van der Waals surface area contributed by atoms with Crippen LogP contribution >= 0.6 is 0 Å². The Balaban J connectivity index is -0.0000000450. The molecule has 0 aromatic rings. The molecule has 4 heteroatoms. The molecule has 0 atom stereocenters. The molecule has 6 heavy (non-hydrogen) atoms. The molecule has 0 aliphatic heterocycles.